The van der Waals surface area contributed by atoms with E-state index in [1.54, 1.807) is 56.9 Å². The van der Waals surface area contributed by atoms with Crippen molar-refractivity contribution in [3.05, 3.63) is 95.1 Å². The Bertz CT molecular complexity index is 1930. The van der Waals surface area contributed by atoms with Gasteiger partial charge in [0.25, 0.3) is 8.32 Å². The van der Waals surface area contributed by atoms with Crippen molar-refractivity contribution in [2.75, 3.05) is 70.5 Å². The zero-order chi connectivity index (χ0) is 44.2. The number of hydrogen-bond donors (Lipinski definition) is 1. The maximum atomic E-state index is 10.1. The summed E-state index contributed by atoms with van der Waals surface area (Å²) in [7, 11) is 10.2. The summed E-state index contributed by atoms with van der Waals surface area (Å²) in [6, 6.07) is 25.4. The zero-order valence-corrected chi connectivity index (χ0v) is 38.8. The standard InChI is InChI=1S/C32H42O6Si.C16H24O6.CH4/c1-32(2,3)39(24-14-10-8-11-15-24,25-16-12-9-13-17-25)38-23-18-19-26-27(28(20-23)37-22-33-4)21-29(34-5)31(36-7)30(26)35-6;1-18-9-22-13-7-10(17)5-6-11-12(13)8-14(19-2)16(21-4)15(11)20-3;/h8-17,21,23,28H,18-20,22H2,1-7H3;8,10,13,17H,5-7,9H2,1-4H3;1H4/t;10-,13?;/m.0./s1. The van der Waals surface area contributed by atoms with Crippen molar-refractivity contribution in [3.63, 3.8) is 0 Å². The van der Waals surface area contributed by atoms with Crippen molar-refractivity contribution in [1.82, 2.24) is 0 Å². The topological polar surface area (TPSA) is 122 Å². The largest absolute Gasteiger partial charge is 0.493 e. The van der Waals surface area contributed by atoms with E-state index in [9.17, 15) is 5.11 Å². The van der Waals surface area contributed by atoms with Crippen LogP contribution >= 0.6 is 0 Å². The van der Waals surface area contributed by atoms with Crippen molar-refractivity contribution in [2.24, 2.45) is 0 Å². The van der Waals surface area contributed by atoms with Gasteiger partial charge in [-0.3, -0.25) is 0 Å². The van der Waals surface area contributed by atoms with E-state index in [4.69, 9.17) is 51.8 Å². The number of methoxy groups -OCH3 is 8. The maximum absolute atomic E-state index is 10.1. The van der Waals surface area contributed by atoms with Crippen LogP contribution in [-0.2, 0) is 36.2 Å². The van der Waals surface area contributed by atoms with Crippen LogP contribution in [-0.4, -0.2) is 96.1 Å². The number of benzene rings is 4. The SMILES string of the molecule is C.COCOC1CC(O[Si](c2ccccc2)(c2ccccc2)C(C)(C)C)CCc2c1cc(OC)c(OC)c2OC.COCOC1C[C@@H](O)CCc2c1cc(OC)c(OC)c2OC. The molecule has 3 unspecified atom stereocenters. The lowest BCUT2D eigenvalue weighted by molar-refractivity contribution is -0.0854. The highest BCUT2D eigenvalue weighted by molar-refractivity contribution is 6.99. The molecule has 0 heterocycles. The Hall–Kier alpha value is -4.34. The Kier molecular flexibility index (Phi) is 19.0. The summed E-state index contributed by atoms with van der Waals surface area (Å²) in [5.74, 6) is 3.67. The van der Waals surface area contributed by atoms with Gasteiger partial charge in [0.1, 0.15) is 13.6 Å². The van der Waals surface area contributed by atoms with E-state index in [0.717, 1.165) is 35.1 Å². The van der Waals surface area contributed by atoms with Crippen LogP contribution in [0.3, 0.4) is 0 Å². The van der Waals surface area contributed by atoms with Crippen LogP contribution < -0.4 is 38.8 Å². The molecule has 0 spiro atoms. The smallest absolute Gasteiger partial charge is 0.261 e. The number of fused-ring (bicyclic) bond motifs is 2. The minimum Gasteiger partial charge on any atom is -0.493 e. The minimum absolute atomic E-state index is 0. The first kappa shape index (κ1) is 50.3. The molecule has 0 saturated heterocycles. The molecule has 6 rings (SSSR count). The molecule has 12 nitrogen and oxygen atoms in total. The first-order valence-corrected chi connectivity index (χ1v) is 22.7. The number of aliphatic hydroxyl groups is 1. The molecule has 0 aliphatic heterocycles. The van der Waals surface area contributed by atoms with Crippen LogP contribution in [0.5, 0.6) is 34.5 Å². The summed E-state index contributed by atoms with van der Waals surface area (Å²) < 4.78 is 63.6. The molecule has 0 amide bonds. The molecule has 0 saturated carbocycles. The van der Waals surface area contributed by atoms with Crippen molar-refractivity contribution < 1.29 is 56.9 Å². The van der Waals surface area contributed by atoms with Gasteiger partial charge in [-0.15, -0.1) is 0 Å². The maximum Gasteiger partial charge on any atom is 0.261 e. The van der Waals surface area contributed by atoms with Crippen molar-refractivity contribution in [1.29, 1.82) is 0 Å². The minimum atomic E-state index is -2.75. The highest BCUT2D eigenvalue weighted by atomic mass is 28.4. The van der Waals surface area contributed by atoms with E-state index in [1.807, 2.05) is 12.1 Å². The number of rotatable bonds is 16. The van der Waals surface area contributed by atoms with Gasteiger partial charge < -0.3 is 56.9 Å². The molecule has 4 aromatic carbocycles. The molecule has 0 radical (unpaired) electrons. The average Bonchev–Trinajstić information content (AvgIpc) is 3.55. The Morgan fingerprint density at radius 2 is 0.984 bits per heavy atom. The summed E-state index contributed by atoms with van der Waals surface area (Å²) >= 11 is 0. The van der Waals surface area contributed by atoms with E-state index < -0.39 is 14.4 Å². The van der Waals surface area contributed by atoms with Gasteiger partial charge in [0.05, 0.1) is 61.0 Å². The fraction of sp³-hybridized carbons (Fsp3) is 0.510. The predicted molar refractivity (Wildman–Crippen MR) is 245 cm³/mol. The second-order valence-electron chi connectivity index (χ2n) is 16.2. The van der Waals surface area contributed by atoms with Gasteiger partial charge in [-0.05, 0) is 64.4 Å². The molecule has 1 N–H and O–H groups in total. The molecule has 2 aliphatic carbocycles. The van der Waals surface area contributed by atoms with Gasteiger partial charge in [-0.25, -0.2) is 0 Å². The van der Waals surface area contributed by atoms with Crippen molar-refractivity contribution >= 4 is 18.7 Å². The number of aliphatic hydroxyl groups excluding tert-OH is 1. The first-order chi connectivity index (χ1) is 29.5. The van der Waals surface area contributed by atoms with E-state index in [2.05, 4.69) is 81.4 Å². The molecule has 0 aromatic heterocycles. The summed E-state index contributed by atoms with van der Waals surface area (Å²) in [6.07, 6.45) is 3.06. The number of hydrogen-bond acceptors (Lipinski definition) is 12. The Labute approximate surface area is 370 Å². The summed E-state index contributed by atoms with van der Waals surface area (Å²) in [6.45, 7) is 7.26. The molecule has 13 heteroatoms. The lowest BCUT2D eigenvalue weighted by atomic mass is 9.98. The van der Waals surface area contributed by atoms with E-state index >= 15 is 0 Å². The van der Waals surface area contributed by atoms with Crippen LogP contribution in [0, 0.1) is 0 Å². The lowest BCUT2D eigenvalue weighted by Gasteiger charge is -2.45. The number of ether oxygens (including phenoxy) is 10. The third-order valence-electron chi connectivity index (χ3n) is 11.6. The van der Waals surface area contributed by atoms with E-state index in [1.165, 1.54) is 10.4 Å². The van der Waals surface area contributed by atoms with E-state index in [0.29, 0.717) is 60.2 Å². The average molecular weight is 879 g/mol. The molecular formula is C49H70O12Si. The normalized spacial score (nSPS) is 18.6. The molecule has 0 bridgehead atoms. The van der Waals surface area contributed by atoms with Gasteiger partial charge >= 0.3 is 0 Å². The Morgan fingerprint density at radius 3 is 1.37 bits per heavy atom. The molecule has 0 fully saturated rings. The second kappa shape index (κ2) is 23.4. The summed E-state index contributed by atoms with van der Waals surface area (Å²) in [4.78, 5) is 0. The Morgan fingerprint density at radius 1 is 0.565 bits per heavy atom. The fourth-order valence-electron chi connectivity index (χ4n) is 8.82. The molecule has 342 valence electrons. The third kappa shape index (κ3) is 10.9. The zero-order valence-electron chi connectivity index (χ0n) is 37.8. The highest BCUT2D eigenvalue weighted by Crippen LogP contribution is 2.49. The predicted octanol–water partition coefficient (Wildman–Crippen LogP) is 8.36. The van der Waals surface area contributed by atoms with Gasteiger partial charge in [-0.2, -0.15) is 0 Å². The lowest BCUT2D eigenvalue weighted by Crippen LogP contribution is -2.67. The monoisotopic (exact) mass is 878 g/mol. The van der Waals surface area contributed by atoms with Gasteiger partial charge in [0.2, 0.25) is 11.5 Å². The fourth-order valence-corrected chi connectivity index (χ4v) is 13.5. The summed E-state index contributed by atoms with van der Waals surface area (Å²) in [5.41, 5.74) is 4.01. The molecule has 4 atom stereocenters. The van der Waals surface area contributed by atoms with Gasteiger partial charge in [0.15, 0.2) is 23.0 Å². The first-order valence-electron chi connectivity index (χ1n) is 20.8. The van der Waals surface area contributed by atoms with Crippen LogP contribution in [0.4, 0.5) is 0 Å². The van der Waals surface area contributed by atoms with Crippen LogP contribution in [0.15, 0.2) is 72.8 Å². The van der Waals surface area contributed by atoms with Gasteiger partial charge in [0, 0.05) is 44.3 Å². The molecule has 2 aliphatic rings. The molecule has 62 heavy (non-hydrogen) atoms. The quantitative estimate of drug-likeness (QED) is 0.0662. The van der Waals surface area contributed by atoms with Crippen LogP contribution in [0.25, 0.3) is 0 Å². The molecular weight excluding hydrogens is 809 g/mol. The van der Waals surface area contributed by atoms with Crippen LogP contribution in [0.2, 0.25) is 5.04 Å². The third-order valence-corrected chi connectivity index (χ3v) is 16.7. The highest BCUT2D eigenvalue weighted by Gasteiger charge is 2.52. The van der Waals surface area contributed by atoms with E-state index in [-0.39, 0.29) is 44.4 Å². The Balaban J connectivity index is 0.000000312. The van der Waals surface area contributed by atoms with Crippen LogP contribution in [0.1, 0.15) is 88.3 Å². The van der Waals surface area contributed by atoms with Crippen molar-refractivity contribution in [2.45, 2.75) is 96.2 Å². The summed E-state index contributed by atoms with van der Waals surface area (Å²) in [5, 5.41) is 12.5. The van der Waals surface area contributed by atoms with Gasteiger partial charge in [-0.1, -0.05) is 88.9 Å². The molecule has 4 aromatic rings. The van der Waals surface area contributed by atoms with Crippen molar-refractivity contribution in [3.8, 4) is 34.5 Å². The second-order valence-corrected chi connectivity index (χ2v) is 20.4.